The molecule has 0 spiro atoms. The van der Waals surface area contributed by atoms with E-state index in [1.807, 2.05) is 0 Å². The second-order valence-corrected chi connectivity index (χ2v) is 5.67. The lowest BCUT2D eigenvalue weighted by Crippen LogP contribution is -2.40. The number of hydrogen-bond donors (Lipinski definition) is 2. The van der Waals surface area contributed by atoms with E-state index in [9.17, 15) is 0 Å². The summed E-state index contributed by atoms with van der Waals surface area (Å²) in [7, 11) is 1.75. The monoisotopic (exact) mass is 216 g/mol. The van der Waals surface area contributed by atoms with Crippen LogP contribution in [0, 0.1) is 0 Å². The predicted octanol–water partition coefficient (Wildman–Crippen LogP) is 1.78. The lowest BCUT2D eigenvalue weighted by molar-refractivity contribution is 0.0234. The Morgan fingerprint density at radius 2 is 1.60 bits per heavy atom. The molecular weight excluding hydrogens is 188 g/mol. The summed E-state index contributed by atoms with van der Waals surface area (Å²) in [6, 6.07) is 0. The number of nitrogens with one attached hydrogen (secondary N) is 2. The number of hydrogen-bond acceptors (Lipinski definition) is 3. The van der Waals surface area contributed by atoms with E-state index in [-0.39, 0.29) is 11.1 Å². The molecule has 0 saturated heterocycles. The summed E-state index contributed by atoms with van der Waals surface area (Å²) in [5.41, 5.74) is 0.170. The molecule has 0 unspecified atom stereocenters. The van der Waals surface area contributed by atoms with E-state index in [0.29, 0.717) is 0 Å². The van der Waals surface area contributed by atoms with Crippen LogP contribution in [0.2, 0.25) is 0 Å². The van der Waals surface area contributed by atoms with Crippen LogP contribution in [-0.2, 0) is 4.74 Å². The van der Waals surface area contributed by atoms with Gasteiger partial charge in [-0.3, -0.25) is 0 Å². The van der Waals surface area contributed by atoms with Gasteiger partial charge in [0.1, 0.15) is 0 Å². The van der Waals surface area contributed by atoms with E-state index in [0.717, 1.165) is 26.1 Å². The highest BCUT2D eigenvalue weighted by atomic mass is 16.5. The first-order chi connectivity index (χ1) is 6.77. The maximum Gasteiger partial charge on any atom is 0.0746 e. The third kappa shape index (κ3) is 10.2. The van der Waals surface area contributed by atoms with Crippen LogP contribution in [0.15, 0.2) is 0 Å². The zero-order valence-electron chi connectivity index (χ0n) is 11.2. The smallest absolute Gasteiger partial charge is 0.0746 e. The molecule has 0 aliphatic carbocycles. The Hall–Kier alpha value is -0.120. The molecule has 0 fully saturated rings. The van der Waals surface area contributed by atoms with Crippen molar-refractivity contribution in [2.75, 3.05) is 26.7 Å². The van der Waals surface area contributed by atoms with Gasteiger partial charge >= 0.3 is 0 Å². The third-order valence-corrected chi connectivity index (χ3v) is 2.29. The van der Waals surface area contributed by atoms with E-state index in [4.69, 9.17) is 4.74 Å². The molecule has 0 aromatic carbocycles. The van der Waals surface area contributed by atoms with Crippen LogP contribution >= 0.6 is 0 Å². The highest BCUT2D eigenvalue weighted by molar-refractivity contribution is 4.72. The summed E-state index contributed by atoms with van der Waals surface area (Å²) in [4.78, 5) is 0. The Morgan fingerprint density at radius 3 is 2.07 bits per heavy atom. The van der Waals surface area contributed by atoms with Crippen molar-refractivity contribution in [3.8, 4) is 0 Å². The van der Waals surface area contributed by atoms with Crippen molar-refractivity contribution >= 4 is 0 Å². The number of rotatable bonds is 7. The first-order valence-electron chi connectivity index (χ1n) is 5.78. The van der Waals surface area contributed by atoms with E-state index >= 15 is 0 Å². The van der Waals surface area contributed by atoms with Gasteiger partial charge in [-0.25, -0.2) is 0 Å². The minimum Gasteiger partial charge on any atom is -0.377 e. The first-order valence-corrected chi connectivity index (χ1v) is 5.78. The maximum absolute atomic E-state index is 5.32. The summed E-state index contributed by atoms with van der Waals surface area (Å²) in [5, 5.41) is 6.86. The summed E-state index contributed by atoms with van der Waals surface area (Å²) in [6.45, 7) is 13.7. The van der Waals surface area contributed by atoms with Crippen LogP contribution in [-0.4, -0.2) is 37.9 Å². The molecular formula is C12H28N2O. The Morgan fingerprint density at radius 1 is 1.00 bits per heavy atom. The van der Waals surface area contributed by atoms with E-state index in [2.05, 4.69) is 45.3 Å². The van der Waals surface area contributed by atoms with Gasteiger partial charge in [-0.05, 0) is 54.1 Å². The van der Waals surface area contributed by atoms with Crippen LogP contribution in [0.25, 0.3) is 0 Å². The minimum absolute atomic E-state index is 0.0581. The van der Waals surface area contributed by atoms with Crippen LogP contribution < -0.4 is 10.6 Å². The maximum atomic E-state index is 5.32. The number of ether oxygens (including phenoxy) is 1. The highest BCUT2D eigenvalue weighted by Gasteiger charge is 2.14. The van der Waals surface area contributed by atoms with Gasteiger partial charge in [0.2, 0.25) is 0 Å². The Bertz CT molecular complexity index is 161. The van der Waals surface area contributed by atoms with Crippen molar-refractivity contribution in [1.29, 1.82) is 0 Å². The number of methoxy groups -OCH3 is 1. The molecule has 0 radical (unpaired) electrons. The normalized spacial score (nSPS) is 13.2. The average molecular weight is 216 g/mol. The Balaban J connectivity index is 3.33. The standard InChI is InChI=1S/C12H28N2O/c1-11(2,3)14-9-7-8-13-10-12(4,5)15-6/h13-14H,7-10H2,1-6H3. The fourth-order valence-corrected chi connectivity index (χ4v) is 1.14. The van der Waals surface area contributed by atoms with Gasteiger partial charge in [0.25, 0.3) is 0 Å². The van der Waals surface area contributed by atoms with Crippen molar-refractivity contribution in [3.05, 3.63) is 0 Å². The molecule has 15 heavy (non-hydrogen) atoms. The van der Waals surface area contributed by atoms with Crippen LogP contribution in [0.3, 0.4) is 0 Å². The predicted molar refractivity (Wildman–Crippen MR) is 66.3 cm³/mol. The topological polar surface area (TPSA) is 33.3 Å². The van der Waals surface area contributed by atoms with Crippen molar-refractivity contribution < 1.29 is 4.74 Å². The quantitative estimate of drug-likeness (QED) is 0.636. The molecule has 2 N–H and O–H groups in total. The van der Waals surface area contributed by atoms with Gasteiger partial charge in [0.15, 0.2) is 0 Å². The highest BCUT2D eigenvalue weighted by Crippen LogP contribution is 2.04. The molecule has 92 valence electrons. The van der Waals surface area contributed by atoms with Gasteiger partial charge in [-0.15, -0.1) is 0 Å². The van der Waals surface area contributed by atoms with Crippen molar-refractivity contribution in [2.24, 2.45) is 0 Å². The minimum atomic E-state index is -0.0581. The van der Waals surface area contributed by atoms with Gasteiger partial charge in [-0.2, -0.15) is 0 Å². The van der Waals surface area contributed by atoms with Gasteiger partial charge in [0.05, 0.1) is 5.60 Å². The van der Waals surface area contributed by atoms with E-state index in [1.54, 1.807) is 7.11 Å². The molecule has 0 aromatic heterocycles. The largest absolute Gasteiger partial charge is 0.377 e. The Kier molecular flexibility index (Phi) is 6.41. The lowest BCUT2D eigenvalue weighted by Gasteiger charge is -2.24. The summed E-state index contributed by atoms with van der Waals surface area (Å²) >= 11 is 0. The summed E-state index contributed by atoms with van der Waals surface area (Å²) in [6.07, 6.45) is 1.15. The van der Waals surface area contributed by atoms with Gasteiger partial charge < -0.3 is 15.4 Å². The summed E-state index contributed by atoms with van der Waals surface area (Å²) in [5.74, 6) is 0. The fraction of sp³-hybridized carbons (Fsp3) is 1.00. The molecule has 0 amide bonds. The second-order valence-electron chi connectivity index (χ2n) is 5.67. The average Bonchev–Trinajstić information content (AvgIpc) is 2.09. The SMILES string of the molecule is COC(C)(C)CNCCCNC(C)(C)C. The molecule has 0 rings (SSSR count). The third-order valence-electron chi connectivity index (χ3n) is 2.29. The molecule has 0 aliphatic rings. The molecule has 0 aliphatic heterocycles. The van der Waals surface area contributed by atoms with Crippen LogP contribution in [0.1, 0.15) is 41.0 Å². The second kappa shape index (κ2) is 6.46. The molecule has 0 saturated carbocycles. The molecule has 0 aromatic rings. The van der Waals surface area contributed by atoms with Crippen LogP contribution in [0.4, 0.5) is 0 Å². The van der Waals surface area contributed by atoms with Gasteiger partial charge in [-0.1, -0.05) is 0 Å². The van der Waals surface area contributed by atoms with E-state index < -0.39 is 0 Å². The Labute approximate surface area is 95.0 Å². The van der Waals surface area contributed by atoms with Crippen molar-refractivity contribution in [2.45, 2.75) is 52.2 Å². The summed E-state index contributed by atoms with van der Waals surface area (Å²) < 4.78 is 5.32. The first kappa shape index (κ1) is 14.9. The van der Waals surface area contributed by atoms with Crippen molar-refractivity contribution in [3.63, 3.8) is 0 Å². The van der Waals surface area contributed by atoms with E-state index in [1.165, 1.54) is 0 Å². The molecule has 0 heterocycles. The molecule has 3 nitrogen and oxygen atoms in total. The molecule has 0 bridgehead atoms. The molecule has 0 atom stereocenters. The fourth-order valence-electron chi connectivity index (χ4n) is 1.14. The van der Waals surface area contributed by atoms with Crippen LogP contribution in [0.5, 0.6) is 0 Å². The zero-order valence-corrected chi connectivity index (χ0v) is 11.2. The van der Waals surface area contributed by atoms with Crippen molar-refractivity contribution in [1.82, 2.24) is 10.6 Å². The van der Waals surface area contributed by atoms with Gasteiger partial charge in [0, 0.05) is 19.2 Å². The molecule has 3 heteroatoms. The zero-order chi connectivity index (χ0) is 11.9. The lowest BCUT2D eigenvalue weighted by atomic mass is 10.1.